The first-order chi connectivity index (χ1) is 18.8. The minimum Gasteiger partial charge on any atom is -0.444 e. The number of carbonyl (C=O) groups is 2. The van der Waals surface area contributed by atoms with Gasteiger partial charge in [0, 0.05) is 55.9 Å². The summed E-state index contributed by atoms with van der Waals surface area (Å²) in [6.45, 7) is 15.9. The Morgan fingerprint density at radius 3 is 2.23 bits per heavy atom. The first kappa shape index (κ1) is 30.5. The Hall–Kier alpha value is -2.45. The molecule has 4 rings (SSSR count). The third-order valence-electron chi connectivity index (χ3n) is 7.97. The quantitative estimate of drug-likeness (QED) is 0.384. The van der Waals surface area contributed by atoms with E-state index >= 15 is 0 Å². The second-order valence-corrected chi connectivity index (χ2v) is 14.2. The second-order valence-electron chi connectivity index (χ2n) is 13.3. The molecule has 0 radical (unpaired) electrons. The van der Waals surface area contributed by atoms with Crippen molar-refractivity contribution in [2.45, 2.75) is 78.5 Å². The van der Waals surface area contributed by atoms with Gasteiger partial charge in [0.05, 0.1) is 11.7 Å². The second kappa shape index (κ2) is 12.6. The molecule has 3 heterocycles. The summed E-state index contributed by atoms with van der Waals surface area (Å²) in [7, 11) is 0. The number of nitrogens with zero attached hydrogens (tertiary/aromatic N) is 4. The highest BCUT2D eigenvalue weighted by Gasteiger charge is 2.41. The number of amides is 2. The standard InChI is InChI=1S/C32H45BrN4O3/c1-31(2,3)27-22-36(29(24-10-8-7-9-11-24)26-13-12-25(33)21-34-26)18-19-37(27)28(38)20-23-14-16-35(17-15-23)30(39)40-32(4,5)6/h7-13,21,23,27,29H,14-20,22H2,1-6H3/t27-,29?/m1/s1. The van der Waals surface area contributed by atoms with Crippen LogP contribution in [0.1, 0.15) is 78.1 Å². The van der Waals surface area contributed by atoms with E-state index in [-0.39, 0.29) is 35.4 Å². The fourth-order valence-corrected chi connectivity index (χ4v) is 6.08. The minimum absolute atomic E-state index is 0.0218. The molecular weight excluding hydrogens is 568 g/mol. The lowest BCUT2D eigenvalue weighted by atomic mass is 9.82. The maximum Gasteiger partial charge on any atom is 0.410 e. The van der Waals surface area contributed by atoms with Crippen molar-refractivity contribution in [3.8, 4) is 0 Å². The molecule has 0 bridgehead atoms. The average molecular weight is 614 g/mol. The molecule has 2 fully saturated rings. The van der Waals surface area contributed by atoms with E-state index in [0.29, 0.717) is 26.1 Å². The van der Waals surface area contributed by atoms with E-state index < -0.39 is 5.60 Å². The van der Waals surface area contributed by atoms with Crippen molar-refractivity contribution in [2.75, 3.05) is 32.7 Å². The first-order valence-corrected chi connectivity index (χ1v) is 15.3. The molecule has 0 aliphatic carbocycles. The van der Waals surface area contributed by atoms with Crippen molar-refractivity contribution in [2.24, 2.45) is 11.3 Å². The number of ether oxygens (including phenoxy) is 1. The smallest absolute Gasteiger partial charge is 0.410 e. The van der Waals surface area contributed by atoms with E-state index in [0.717, 1.165) is 36.1 Å². The molecule has 2 saturated heterocycles. The van der Waals surface area contributed by atoms with Crippen molar-refractivity contribution in [1.29, 1.82) is 0 Å². The van der Waals surface area contributed by atoms with Gasteiger partial charge < -0.3 is 14.5 Å². The molecule has 1 aromatic carbocycles. The number of benzene rings is 1. The van der Waals surface area contributed by atoms with Crippen LogP contribution in [0.3, 0.4) is 0 Å². The summed E-state index contributed by atoms with van der Waals surface area (Å²) in [6.07, 6.45) is 3.80. The molecule has 218 valence electrons. The molecule has 1 aromatic heterocycles. The summed E-state index contributed by atoms with van der Waals surface area (Å²) in [6, 6.07) is 14.8. The van der Waals surface area contributed by atoms with Crippen LogP contribution in [-0.2, 0) is 9.53 Å². The third kappa shape index (κ3) is 7.84. The van der Waals surface area contributed by atoms with Crippen molar-refractivity contribution in [3.05, 3.63) is 64.4 Å². The van der Waals surface area contributed by atoms with Gasteiger partial charge in [0.15, 0.2) is 0 Å². The van der Waals surface area contributed by atoms with Gasteiger partial charge in [-0.05, 0) is 78.6 Å². The zero-order valence-corrected chi connectivity index (χ0v) is 26.5. The Balaban J connectivity index is 1.44. The van der Waals surface area contributed by atoms with Gasteiger partial charge in [-0.2, -0.15) is 0 Å². The monoisotopic (exact) mass is 612 g/mol. The van der Waals surface area contributed by atoms with Gasteiger partial charge in [0.2, 0.25) is 5.91 Å². The van der Waals surface area contributed by atoms with Crippen LogP contribution in [0.15, 0.2) is 53.1 Å². The van der Waals surface area contributed by atoms with Gasteiger partial charge in [-0.25, -0.2) is 4.79 Å². The molecule has 1 unspecified atom stereocenters. The molecule has 2 amide bonds. The van der Waals surface area contributed by atoms with Crippen molar-refractivity contribution < 1.29 is 14.3 Å². The molecule has 2 aliphatic heterocycles. The Kier molecular flexibility index (Phi) is 9.61. The zero-order chi connectivity index (χ0) is 29.1. The van der Waals surface area contributed by atoms with Crippen molar-refractivity contribution >= 4 is 27.9 Å². The highest BCUT2D eigenvalue weighted by molar-refractivity contribution is 9.10. The minimum atomic E-state index is -0.499. The molecule has 0 spiro atoms. The largest absolute Gasteiger partial charge is 0.444 e. The fourth-order valence-electron chi connectivity index (χ4n) is 5.84. The van der Waals surface area contributed by atoms with Crippen molar-refractivity contribution in [3.63, 3.8) is 0 Å². The van der Waals surface area contributed by atoms with Gasteiger partial charge in [0.1, 0.15) is 5.60 Å². The molecule has 7 nitrogen and oxygen atoms in total. The molecule has 2 atom stereocenters. The highest BCUT2D eigenvalue weighted by atomic mass is 79.9. The van der Waals surface area contributed by atoms with Crippen LogP contribution in [0.25, 0.3) is 0 Å². The van der Waals surface area contributed by atoms with Crippen molar-refractivity contribution in [1.82, 2.24) is 19.7 Å². The van der Waals surface area contributed by atoms with Gasteiger partial charge >= 0.3 is 6.09 Å². The van der Waals surface area contributed by atoms with Crippen LogP contribution >= 0.6 is 15.9 Å². The lowest BCUT2D eigenvalue weighted by Gasteiger charge is -2.49. The summed E-state index contributed by atoms with van der Waals surface area (Å²) in [4.78, 5) is 37.4. The number of pyridine rings is 1. The summed E-state index contributed by atoms with van der Waals surface area (Å²) in [5, 5.41) is 0. The number of likely N-dealkylation sites (tertiary alicyclic amines) is 1. The first-order valence-electron chi connectivity index (χ1n) is 14.5. The number of hydrogen-bond acceptors (Lipinski definition) is 5. The van der Waals surface area contributed by atoms with Crippen LogP contribution in [-0.4, -0.2) is 76.1 Å². The van der Waals surface area contributed by atoms with E-state index in [4.69, 9.17) is 9.72 Å². The highest BCUT2D eigenvalue weighted by Crippen LogP contribution is 2.35. The molecule has 0 N–H and O–H groups in total. The molecule has 2 aliphatic rings. The lowest BCUT2D eigenvalue weighted by Crippen LogP contribution is -2.60. The summed E-state index contributed by atoms with van der Waals surface area (Å²) in [5.74, 6) is 0.516. The number of piperazine rings is 1. The van der Waals surface area contributed by atoms with E-state index in [1.165, 1.54) is 5.56 Å². The number of aromatic nitrogens is 1. The normalized spacial score (nSPS) is 20.3. The predicted molar refractivity (Wildman–Crippen MR) is 162 cm³/mol. The van der Waals surface area contributed by atoms with Crippen LogP contribution in [0.5, 0.6) is 0 Å². The SMILES string of the molecule is CC(C)(C)OC(=O)N1CCC(CC(=O)N2CCN(C(c3ccccc3)c3ccc(Br)cn3)C[C@@H]2C(C)(C)C)CC1. The Morgan fingerprint density at radius 1 is 0.975 bits per heavy atom. The molecule has 8 heteroatoms. The van der Waals surface area contributed by atoms with E-state index in [1.807, 2.05) is 39.1 Å². The average Bonchev–Trinajstić information content (AvgIpc) is 2.89. The van der Waals surface area contributed by atoms with E-state index in [2.05, 4.69) is 76.8 Å². The lowest BCUT2D eigenvalue weighted by molar-refractivity contribution is -0.141. The number of hydrogen-bond donors (Lipinski definition) is 0. The fraction of sp³-hybridized carbons (Fsp3) is 0.594. The molecular formula is C32H45BrN4O3. The predicted octanol–water partition coefficient (Wildman–Crippen LogP) is 6.53. The van der Waals surface area contributed by atoms with Gasteiger partial charge in [-0.1, -0.05) is 51.1 Å². The number of carbonyl (C=O) groups excluding carboxylic acids is 2. The third-order valence-corrected chi connectivity index (χ3v) is 8.44. The molecule has 2 aromatic rings. The van der Waals surface area contributed by atoms with Crippen LogP contribution < -0.4 is 0 Å². The molecule has 40 heavy (non-hydrogen) atoms. The number of halogens is 1. The van der Waals surface area contributed by atoms with Crippen LogP contribution in [0.2, 0.25) is 0 Å². The van der Waals surface area contributed by atoms with Crippen LogP contribution in [0, 0.1) is 11.3 Å². The van der Waals surface area contributed by atoms with Crippen LogP contribution in [0.4, 0.5) is 4.79 Å². The number of rotatable bonds is 5. The van der Waals surface area contributed by atoms with Gasteiger partial charge in [-0.3, -0.25) is 14.7 Å². The van der Waals surface area contributed by atoms with Gasteiger partial charge in [-0.15, -0.1) is 0 Å². The Labute approximate surface area is 248 Å². The number of piperidine rings is 1. The van der Waals surface area contributed by atoms with E-state index in [9.17, 15) is 9.59 Å². The zero-order valence-electron chi connectivity index (χ0n) is 24.9. The summed E-state index contributed by atoms with van der Waals surface area (Å²) < 4.78 is 6.50. The Bertz CT molecular complexity index is 1140. The maximum absolute atomic E-state index is 13.8. The maximum atomic E-state index is 13.8. The molecule has 0 saturated carbocycles. The summed E-state index contributed by atoms with van der Waals surface area (Å²) in [5.41, 5.74) is 1.64. The Morgan fingerprint density at radius 2 is 1.65 bits per heavy atom. The van der Waals surface area contributed by atoms with Gasteiger partial charge in [0.25, 0.3) is 0 Å². The topological polar surface area (TPSA) is 66.0 Å². The van der Waals surface area contributed by atoms with E-state index in [1.54, 1.807) is 4.90 Å². The summed E-state index contributed by atoms with van der Waals surface area (Å²) >= 11 is 3.52.